The predicted octanol–water partition coefficient (Wildman–Crippen LogP) is 3.55. The summed E-state index contributed by atoms with van der Waals surface area (Å²) in [5.74, 6) is -0.270. The zero-order chi connectivity index (χ0) is 7.72. The molecule has 0 nitrogen and oxygen atoms in total. The van der Waals surface area contributed by atoms with Gasteiger partial charge < -0.3 is 0 Å². The topological polar surface area (TPSA) is 0 Å². The summed E-state index contributed by atoms with van der Waals surface area (Å²) >= 11 is 8.86. The molecule has 0 aliphatic heterocycles. The van der Waals surface area contributed by atoms with Crippen LogP contribution in [0.3, 0.4) is 0 Å². The van der Waals surface area contributed by atoms with E-state index in [1.165, 1.54) is 12.1 Å². The molecule has 1 rings (SSSR count). The fraction of sp³-hybridized carbons (Fsp3) is 0.143. The summed E-state index contributed by atoms with van der Waals surface area (Å²) in [6.45, 7) is 1.76. The maximum absolute atomic E-state index is 12.5. The molecule has 0 atom stereocenters. The van der Waals surface area contributed by atoms with Crippen molar-refractivity contribution in [3.05, 3.63) is 33.0 Å². The summed E-state index contributed by atoms with van der Waals surface area (Å²) in [6, 6.07) is 2.74. The summed E-state index contributed by atoms with van der Waals surface area (Å²) in [7, 11) is 0. The maximum Gasteiger partial charge on any atom is 0.124 e. The van der Waals surface area contributed by atoms with E-state index in [1.54, 1.807) is 6.92 Å². The Hall–Kier alpha value is -0.0800. The number of benzene rings is 1. The molecule has 0 radical (unpaired) electrons. The third-order valence-electron chi connectivity index (χ3n) is 1.17. The Bertz CT molecular complexity index is 237. The van der Waals surface area contributed by atoms with Gasteiger partial charge in [-0.15, -0.1) is 0 Å². The second-order valence-corrected chi connectivity index (χ2v) is 3.25. The summed E-state index contributed by atoms with van der Waals surface area (Å²) in [6.07, 6.45) is 0. The highest BCUT2D eigenvalue weighted by Crippen LogP contribution is 2.26. The van der Waals surface area contributed by atoms with Crippen molar-refractivity contribution in [1.82, 2.24) is 0 Å². The van der Waals surface area contributed by atoms with E-state index in [4.69, 9.17) is 11.6 Å². The van der Waals surface area contributed by atoms with Crippen molar-refractivity contribution in [2.45, 2.75) is 6.92 Å². The fourth-order valence-corrected chi connectivity index (χ4v) is 1.33. The maximum atomic E-state index is 12.5. The molecule has 0 spiro atoms. The van der Waals surface area contributed by atoms with Crippen LogP contribution in [0.4, 0.5) is 4.39 Å². The van der Waals surface area contributed by atoms with Crippen molar-refractivity contribution in [2.24, 2.45) is 0 Å². The van der Waals surface area contributed by atoms with Crippen LogP contribution in [0.2, 0.25) is 5.02 Å². The lowest BCUT2D eigenvalue weighted by atomic mass is 10.2. The van der Waals surface area contributed by atoms with Gasteiger partial charge in [-0.2, -0.15) is 0 Å². The van der Waals surface area contributed by atoms with E-state index in [1.807, 2.05) is 0 Å². The van der Waals surface area contributed by atoms with Gasteiger partial charge in [0.25, 0.3) is 0 Å². The van der Waals surface area contributed by atoms with E-state index in [0.29, 0.717) is 9.50 Å². The quantitative estimate of drug-likeness (QED) is 0.590. The third-order valence-corrected chi connectivity index (χ3v) is 2.53. The summed E-state index contributed by atoms with van der Waals surface area (Å²) in [5, 5.41) is 0.571. The fourth-order valence-electron chi connectivity index (χ4n) is 0.685. The Kier molecular flexibility index (Phi) is 2.32. The van der Waals surface area contributed by atoms with Gasteiger partial charge in [0.2, 0.25) is 0 Å². The molecule has 0 amide bonds. The van der Waals surface area contributed by atoms with Gasteiger partial charge in [0.1, 0.15) is 5.82 Å². The van der Waals surface area contributed by atoms with Crippen molar-refractivity contribution < 1.29 is 4.39 Å². The minimum atomic E-state index is -0.270. The Morgan fingerprint density at radius 1 is 1.50 bits per heavy atom. The third kappa shape index (κ3) is 1.50. The van der Waals surface area contributed by atoms with Gasteiger partial charge in [-0.1, -0.05) is 11.6 Å². The number of rotatable bonds is 0. The monoisotopic (exact) mass is 222 g/mol. The van der Waals surface area contributed by atoms with Gasteiger partial charge in [0, 0.05) is 4.47 Å². The molecule has 0 aliphatic carbocycles. The van der Waals surface area contributed by atoms with Crippen LogP contribution in [0.5, 0.6) is 0 Å². The minimum absolute atomic E-state index is 0.270. The lowest BCUT2D eigenvalue weighted by Gasteiger charge is -1.99. The first-order chi connectivity index (χ1) is 4.61. The van der Waals surface area contributed by atoms with E-state index >= 15 is 0 Å². The minimum Gasteiger partial charge on any atom is -0.207 e. The van der Waals surface area contributed by atoms with Gasteiger partial charge in [-0.3, -0.25) is 0 Å². The van der Waals surface area contributed by atoms with Gasteiger partial charge in [0.05, 0.1) is 5.02 Å². The van der Waals surface area contributed by atoms with Crippen LogP contribution >= 0.6 is 27.5 Å². The van der Waals surface area contributed by atoms with E-state index in [0.717, 1.165) is 5.56 Å². The van der Waals surface area contributed by atoms with Gasteiger partial charge >= 0.3 is 0 Å². The molecule has 0 fully saturated rings. The van der Waals surface area contributed by atoms with Crippen LogP contribution in [-0.4, -0.2) is 0 Å². The highest BCUT2D eigenvalue weighted by Gasteiger charge is 2.01. The average Bonchev–Trinajstić information content (AvgIpc) is 1.82. The highest BCUT2D eigenvalue weighted by molar-refractivity contribution is 9.10. The Balaban J connectivity index is 3.31. The predicted molar refractivity (Wildman–Crippen MR) is 43.8 cm³/mol. The Morgan fingerprint density at radius 2 is 2.10 bits per heavy atom. The summed E-state index contributed by atoms with van der Waals surface area (Å²) < 4.78 is 13.1. The van der Waals surface area contributed by atoms with Crippen molar-refractivity contribution >= 4 is 27.5 Å². The van der Waals surface area contributed by atoms with Crippen LogP contribution in [0, 0.1) is 12.7 Å². The molecule has 0 bridgehead atoms. The van der Waals surface area contributed by atoms with Crippen molar-refractivity contribution in [3.8, 4) is 0 Å². The SMILES string of the molecule is Cc1cc(F)cc(Br)c1Cl. The van der Waals surface area contributed by atoms with Gasteiger partial charge in [-0.25, -0.2) is 4.39 Å². The summed E-state index contributed by atoms with van der Waals surface area (Å²) in [4.78, 5) is 0. The largest absolute Gasteiger partial charge is 0.207 e. The van der Waals surface area contributed by atoms with E-state index < -0.39 is 0 Å². The van der Waals surface area contributed by atoms with Crippen LogP contribution in [0.1, 0.15) is 5.56 Å². The lowest BCUT2D eigenvalue weighted by Crippen LogP contribution is -1.80. The zero-order valence-corrected chi connectivity index (χ0v) is 7.63. The molecule has 10 heavy (non-hydrogen) atoms. The van der Waals surface area contributed by atoms with Crippen LogP contribution in [0.15, 0.2) is 16.6 Å². The molecule has 0 unspecified atom stereocenters. The first-order valence-corrected chi connectivity index (χ1v) is 3.89. The number of hydrogen-bond donors (Lipinski definition) is 0. The first-order valence-electron chi connectivity index (χ1n) is 2.72. The molecule has 0 aliphatic rings. The first kappa shape index (κ1) is 8.02. The molecular weight excluding hydrogens is 218 g/mol. The number of hydrogen-bond acceptors (Lipinski definition) is 0. The highest BCUT2D eigenvalue weighted by atomic mass is 79.9. The van der Waals surface area contributed by atoms with Crippen molar-refractivity contribution in [1.29, 1.82) is 0 Å². The van der Waals surface area contributed by atoms with Gasteiger partial charge in [0.15, 0.2) is 0 Å². The lowest BCUT2D eigenvalue weighted by molar-refractivity contribution is 0.626. The van der Waals surface area contributed by atoms with E-state index in [9.17, 15) is 4.39 Å². The molecule has 1 aromatic carbocycles. The number of aryl methyl sites for hydroxylation is 1. The van der Waals surface area contributed by atoms with Crippen LogP contribution in [-0.2, 0) is 0 Å². The molecule has 0 saturated carbocycles. The molecule has 0 N–H and O–H groups in total. The van der Waals surface area contributed by atoms with Crippen LogP contribution in [0.25, 0.3) is 0 Å². The smallest absolute Gasteiger partial charge is 0.124 e. The normalized spacial score (nSPS) is 10.0. The molecule has 0 aromatic heterocycles. The molecule has 1 aromatic rings. The Labute approximate surface area is 72.1 Å². The standard InChI is InChI=1S/C7H5BrClF/c1-4-2-5(10)3-6(8)7(4)9/h2-3H,1H3. The van der Waals surface area contributed by atoms with Crippen molar-refractivity contribution in [2.75, 3.05) is 0 Å². The van der Waals surface area contributed by atoms with Crippen LogP contribution < -0.4 is 0 Å². The Morgan fingerprint density at radius 3 is 2.60 bits per heavy atom. The molecular formula is C7H5BrClF. The molecule has 0 saturated heterocycles. The summed E-state index contributed by atoms with van der Waals surface area (Å²) in [5.41, 5.74) is 0.744. The zero-order valence-electron chi connectivity index (χ0n) is 5.29. The van der Waals surface area contributed by atoms with Crippen molar-refractivity contribution in [3.63, 3.8) is 0 Å². The number of halogens is 3. The second-order valence-electron chi connectivity index (χ2n) is 2.02. The van der Waals surface area contributed by atoms with E-state index in [-0.39, 0.29) is 5.82 Å². The second kappa shape index (κ2) is 2.89. The van der Waals surface area contributed by atoms with Gasteiger partial charge in [-0.05, 0) is 40.5 Å². The molecule has 0 heterocycles. The average molecular weight is 223 g/mol. The molecule has 54 valence electrons. The molecule has 3 heteroatoms. The van der Waals surface area contributed by atoms with E-state index in [2.05, 4.69) is 15.9 Å².